The summed E-state index contributed by atoms with van der Waals surface area (Å²) in [5.41, 5.74) is 2.32. The zero-order valence-corrected chi connectivity index (χ0v) is 16.5. The van der Waals surface area contributed by atoms with Crippen molar-refractivity contribution in [3.8, 4) is 6.07 Å². The molecule has 1 N–H and O–H groups in total. The minimum atomic E-state index is -0.355. The number of carbonyl (C=O) groups excluding carboxylic acids is 2. The first-order valence-electron chi connectivity index (χ1n) is 8.88. The van der Waals surface area contributed by atoms with E-state index in [0.29, 0.717) is 17.2 Å². The number of hydrogen-bond donors (Lipinski definition) is 1. The molecule has 0 spiro atoms. The third-order valence-electron chi connectivity index (χ3n) is 4.49. The van der Waals surface area contributed by atoms with Gasteiger partial charge in [0.15, 0.2) is 0 Å². The summed E-state index contributed by atoms with van der Waals surface area (Å²) >= 11 is 1.42. The smallest absolute Gasteiger partial charge is 0.409 e. The molecule has 1 unspecified atom stereocenters. The first-order chi connectivity index (χ1) is 13.5. The molecule has 0 fully saturated rings. The highest BCUT2D eigenvalue weighted by Crippen LogP contribution is 2.39. The van der Waals surface area contributed by atoms with Gasteiger partial charge in [0, 0.05) is 30.6 Å². The molecule has 3 rings (SSSR count). The highest BCUT2D eigenvalue weighted by Gasteiger charge is 2.27. The van der Waals surface area contributed by atoms with Crippen molar-refractivity contribution < 1.29 is 18.7 Å². The van der Waals surface area contributed by atoms with E-state index in [1.807, 2.05) is 0 Å². The minimum absolute atomic E-state index is 0.214. The predicted molar refractivity (Wildman–Crippen MR) is 106 cm³/mol. The number of rotatable bonds is 5. The van der Waals surface area contributed by atoms with Crippen LogP contribution < -0.4 is 5.32 Å². The number of anilines is 1. The van der Waals surface area contributed by atoms with E-state index in [2.05, 4.69) is 11.4 Å². The van der Waals surface area contributed by atoms with Crippen LogP contribution in [0.2, 0.25) is 0 Å². The molecule has 1 aliphatic carbocycles. The molecule has 28 heavy (non-hydrogen) atoms. The molecule has 2 amide bonds. The average molecular weight is 399 g/mol. The Labute approximate surface area is 167 Å². The summed E-state index contributed by atoms with van der Waals surface area (Å²) in [6.45, 7) is 0.353. The molecule has 7 nitrogen and oxygen atoms in total. The van der Waals surface area contributed by atoms with Crippen LogP contribution in [0.15, 0.2) is 29.1 Å². The van der Waals surface area contributed by atoms with Gasteiger partial charge in [-0.1, -0.05) is 0 Å². The van der Waals surface area contributed by atoms with Gasteiger partial charge in [-0.05, 0) is 42.9 Å². The monoisotopic (exact) mass is 399 g/mol. The fourth-order valence-corrected chi connectivity index (χ4v) is 4.33. The lowest BCUT2D eigenvalue weighted by atomic mass is 9.88. The number of furan rings is 1. The minimum Gasteiger partial charge on any atom is -0.472 e. The van der Waals surface area contributed by atoms with Crippen molar-refractivity contribution in [2.75, 3.05) is 26.0 Å². The molecule has 146 valence electrons. The maximum atomic E-state index is 12.2. The highest BCUT2D eigenvalue weighted by atomic mass is 32.1. The van der Waals surface area contributed by atoms with Crippen LogP contribution in [0.5, 0.6) is 0 Å². The number of nitrogens with one attached hydrogen (secondary N) is 1. The quantitative estimate of drug-likeness (QED) is 0.774. The van der Waals surface area contributed by atoms with Crippen molar-refractivity contribution in [1.82, 2.24) is 4.90 Å². The lowest BCUT2D eigenvalue weighted by Gasteiger charge is -2.22. The van der Waals surface area contributed by atoms with Crippen LogP contribution in [0.1, 0.15) is 28.0 Å². The fourth-order valence-electron chi connectivity index (χ4n) is 3.02. The standard InChI is InChI=1S/C20H21N3O4S/c1-23(2)20(25)27-12-14-3-5-15-16(10-21)19(28-17(15)9-14)22-18(24)6-4-13-7-8-26-11-13/h4,6-8,11,14H,3,5,9,12H2,1-2H3,(H,22,24)/b6-4+. The first kappa shape index (κ1) is 19.7. The van der Waals surface area contributed by atoms with Gasteiger partial charge < -0.3 is 19.4 Å². The second kappa shape index (κ2) is 8.76. The SMILES string of the molecule is CN(C)C(=O)OCC1CCc2c(sc(NC(=O)/C=C/c3ccoc3)c2C#N)C1. The number of thiophene rings is 1. The maximum Gasteiger partial charge on any atom is 0.409 e. The van der Waals surface area contributed by atoms with E-state index in [9.17, 15) is 14.9 Å². The maximum absolute atomic E-state index is 12.2. The van der Waals surface area contributed by atoms with Crippen LogP contribution >= 0.6 is 11.3 Å². The van der Waals surface area contributed by atoms with E-state index in [4.69, 9.17) is 9.15 Å². The van der Waals surface area contributed by atoms with Gasteiger partial charge >= 0.3 is 6.09 Å². The zero-order chi connectivity index (χ0) is 20.1. The molecule has 1 aliphatic rings. The van der Waals surface area contributed by atoms with Gasteiger partial charge in [0.05, 0.1) is 24.7 Å². The van der Waals surface area contributed by atoms with Gasteiger partial charge in [0.1, 0.15) is 11.1 Å². The van der Waals surface area contributed by atoms with Crippen LogP contribution in [0.25, 0.3) is 6.08 Å². The Morgan fingerprint density at radius 1 is 1.50 bits per heavy atom. The number of ether oxygens (including phenoxy) is 1. The molecule has 0 saturated carbocycles. The van der Waals surface area contributed by atoms with Gasteiger partial charge in [-0.25, -0.2) is 4.79 Å². The summed E-state index contributed by atoms with van der Waals surface area (Å²) in [5.74, 6) is -0.0844. The van der Waals surface area contributed by atoms with Crippen LogP contribution in [-0.4, -0.2) is 37.6 Å². The number of nitrogens with zero attached hydrogens (tertiary/aromatic N) is 2. The summed E-state index contributed by atoms with van der Waals surface area (Å²) < 4.78 is 10.2. The van der Waals surface area contributed by atoms with E-state index < -0.39 is 0 Å². The Bertz CT molecular complexity index is 922. The number of fused-ring (bicyclic) bond motifs is 1. The van der Waals surface area contributed by atoms with Crippen LogP contribution in [-0.2, 0) is 22.4 Å². The largest absolute Gasteiger partial charge is 0.472 e. The topological polar surface area (TPSA) is 95.6 Å². The number of hydrogen-bond acceptors (Lipinski definition) is 6. The molecule has 1 atom stereocenters. The van der Waals surface area contributed by atoms with Crippen molar-refractivity contribution in [1.29, 1.82) is 5.26 Å². The number of carbonyl (C=O) groups is 2. The Morgan fingerprint density at radius 2 is 2.32 bits per heavy atom. The van der Waals surface area contributed by atoms with E-state index >= 15 is 0 Å². The van der Waals surface area contributed by atoms with Gasteiger partial charge in [0.2, 0.25) is 5.91 Å². The fraction of sp³-hybridized carbons (Fsp3) is 0.350. The van der Waals surface area contributed by atoms with Crippen LogP contribution in [0.4, 0.5) is 9.80 Å². The Balaban J connectivity index is 1.66. The average Bonchev–Trinajstić information content (AvgIpc) is 3.31. The van der Waals surface area contributed by atoms with Crippen molar-refractivity contribution in [3.05, 3.63) is 46.2 Å². The summed E-state index contributed by atoms with van der Waals surface area (Å²) in [4.78, 5) is 26.3. The van der Waals surface area contributed by atoms with E-state index in [-0.39, 0.29) is 17.9 Å². The lowest BCUT2D eigenvalue weighted by molar-refractivity contribution is -0.111. The first-order valence-corrected chi connectivity index (χ1v) is 9.69. The predicted octanol–water partition coefficient (Wildman–Crippen LogP) is 3.67. The van der Waals surface area contributed by atoms with Gasteiger partial charge in [-0.2, -0.15) is 5.26 Å². The molecule has 2 aromatic rings. The lowest BCUT2D eigenvalue weighted by Crippen LogP contribution is -2.27. The molecule has 8 heteroatoms. The van der Waals surface area contributed by atoms with Crippen molar-refractivity contribution in [2.45, 2.75) is 19.3 Å². The molecule has 0 aromatic carbocycles. The van der Waals surface area contributed by atoms with E-state index in [0.717, 1.165) is 35.3 Å². The second-order valence-electron chi connectivity index (χ2n) is 6.78. The molecule has 2 aromatic heterocycles. The number of amides is 2. The molecule has 0 saturated heterocycles. The van der Waals surface area contributed by atoms with E-state index in [1.165, 1.54) is 34.8 Å². The highest BCUT2D eigenvalue weighted by molar-refractivity contribution is 7.16. The van der Waals surface area contributed by atoms with Crippen molar-refractivity contribution in [2.24, 2.45) is 5.92 Å². The Morgan fingerprint density at radius 3 is 3.00 bits per heavy atom. The summed E-state index contributed by atoms with van der Waals surface area (Å²) in [7, 11) is 3.30. The molecule has 0 radical (unpaired) electrons. The van der Waals surface area contributed by atoms with Crippen LogP contribution in [0, 0.1) is 17.2 Å². The van der Waals surface area contributed by atoms with Gasteiger partial charge in [-0.3, -0.25) is 4.79 Å². The van der Waals surface area contributed by atoms with Gasteiger partial charge in [-0.15, -0.1) is 11.3 Å². The third-order valence-corrected chi connectivity index (χ3v) is 5.66. The molecular weight excluding hydrogens is 378 g/mol. The van der Waals surface area contributed by atoms with E-state index in [1.54, 1.807) is 26.2 Å². The Kier molecular flexibility index (Phi) is 6.16. The second-order valence-corrected chi connectivity index (χ2v) is 7.88. The zero-order valence-electron chi connectivity index (χ0n) is 15.7. The van der Waals surface area contributed by atoms with Crippen molar-refractivity contribution in [3.63, 3.8) is 0 Å². The third kappa shape index (κ3) is 4.61. The molecule has 2 heterocycles. The molecule has 0 aliphatic heterocycles. The molecular formula is C20H21N3O4S. The summed E-state index contributed by atoms with van der Waals surface area (Å²) in [6.07, 6.45) is 8.08. The summed E-state index contributed by atoms with van der Waals surface area (Å²) in [6, 6.07) is 3.97. The van der Waals surface area contributed by atoms with Crippen LogP contribution in [0.3, 0.4) is 0 Å². The Hall–Kier alpha value is -3.05. The normalized spacial score (nSPS) is 15.7. The summed E-state index contributed by atoms with van der Waals surface area (Å²) in [5, 5.41) is 12.9. The van der Waals surface area contributed by atoms with Crippen molar-refractivity contribution >= 4 is 34.4 Å². The molecule has 0 bridgehead atoms. The number of nitriles is 1. The van der Waals surface area contributed by atoms with Gasteiger partial charge in [0.25, 0.3) is 0 Å².